The van der Waals surface area contributed by atoms with Crippen molar-refractivity contribution in [3.8, 4) is 0 Å². The van der Waals surface area contributed by atoms with Crippen LogP contribution in [0.2, 0.25) is 5.02 Å². The fourth-order valence-corrected chi connectivity index (χ4v) is 3.86. The van der Waals surface area contributed by atoms with E-state index in [9.17, 15) is 14.7 Å². The third-order valence-electron chi connectivity index (χ3n) is 4.56. The molecule has 4 nitrogen and oxygen atoms in total. The van der Waals surface area contributed by atoms with Crippen LogP contribution < -0.4 is 0 Å². The van der Waals surface area contributed by atoms with Crippen molar-refractivity contribution in [1.29, 1.82) is 0 Å². The molecule has 130 valence electrons. The molecule has 0 spiro atoms. The minimum Gasteiger partial charge on any atom is -0.481 e. The lowest BCUT2D eigenvalue weighted by Crippen LogP contribution is -2.30. The van der Waals surface area contributed by atoms with Crippen molar-refractivity contribution in [3.05, 3.63) is 64.7 Å². The van der Waals surface area contributed by atoms with Crippen molar-refractivity contribution in [1.82, 2.24) is 4.90 Å². The zero-order chi connectivity index (χ0) is 18.0. The Bertz CT molecular complexity index is 797. The number of nitrogens with zero attached hydrogens (tertiary/aromatic N) is 1. The number of carbonyl (C=O) groups excluding carboxylic acids is 1. The van der Waals surface area contributed by atoms with Crippen molar-refractivity contribution >= 4 is 35.2 Å². The van der Waals surface area contributed by atoms with E-state index in [4.69, 9.17) is 11.6 Å². The third-order valence-corrected chi connectivity index (χ3v) is 5.61. The largest absolute Gasteiger partial charge is 0.481 e. The zero-order valence-corrected chi connectivity index (χ0v) is 15.3. The maximum atomic E-state index is 12.9. The standard InChI is InChI=1S/C19H18ClNO3S/c1-25-13-7-8-17(20)14(9-13)18(22)21-10-15(16(11-21)19(23)24)12-5-3-2-4-6-12/h2-9,15-16H,10-11H2,1H3,(H,23,24)/t15-,16-/m0/s1. The second-order valence-electron chi connectivity index (χ2n) is 6.02. The maximum Gasteiger partial charge on any atom is 0.308 e. The summed E-state index contributed by atoms with van der Waals surface area (Å²) >= 11 is 7.74. The van der Waals surface area contributed by atoms with Gasteiger partial charge in [-0.05, 0) is 30.0 Å². The Morgan fingerprint density at radius 2 is 1.88 bits per heavy atom. The quantitative estimate of drug-likeness (QED) is 0.820. The van der Waals surface area contributed by atoms with Crippen molar-refractivity contribution < 1.29 is 14.7 Å². The summed E-state index contributed by atoms with van der Waals surface area (Å²) < 4.78 is 0. The Balaban J connectivity index is 1.89. The number of thioether (sulfide) groups is 1. The fraction of sp³-hybridized carbons (Fsp3) is 0.263. The number of rotatable bonds is 4. The third kappa shape index (κ3) is 3.67. The van der Waals surface area contributed by atoms with E-state index < -0.39 is 11.9 Å². The highest BCUT2D eigenvalue weighted by molar-refractivity contribution is 7.98. The smallest absolute Gasteiger partial charge is 0.308 e. The number of benzene rings is 2. The predicted molar refractivity (Wildman–Crippen MR) is 99.4 cm³/mol. The van der Waals surface area contributed by atoms with Crippen molar-refractivity contribution in [2.75, 3.05) is 19.3 Å². The SMILES string of the molecule is CSc1ccc(Cl)c(C(=O)N2C[C@H](C(=O)O)[C@H](c3ccccc3)C2)c1. The number of carboxylic acid groups (broad SMARTS) is 1. The van der Waals surface area contributed by atoms with Gasteiger partial charge in [-0.3, -0.25) is 9.59 Å². The van der Waals surface area contributed by atoms with Gasteiger partial charge >= 0.3 is 5.97 Å². The van der Waals surface area contributed by atoms with Gasteiger partial charge in [-0.25, -0.2) is 0 Å². The lowest BCUT2D eigenvalue weighted by atomic mass is 9.89. The van der Waals surface area contributed by atoms with Crippen LogP contribution in [0, 0.1) is 5.92 Å². The fourth-order valence-electron chi connectivity index (χ4n) is 3.22. The molecule has 1 saturated heterocycles. The number of aliphatic carboxylic acids is 1. The molecule has 0 aliphatic carbocycles. The Morgan fingerprint density at radius 3 is 2.52 bits per heavy atom. The van der Waals surface area contributed by atoms with Gasteiger partial charge in [0.25, 0.3) is 5.91 Å². The lowest BCUT2D eigenvalue weighted by molar-refractivity contribution is -0.141. The van der Waals surface area contributed by atoms with Gasteiger partial charge in [-0.15, -0.1) is 11.8 Å². The number of halogens is 1. The van der Waals surface area contributed by atoms with Gasteiger partial charge in [-0.2, -0.15) is 0 Å². The average Bonchev–Trinajstić information content (AvgIpc) is 3.08. The molecule has 1 aliphatic rings. The van der Waals surface area contributed by atoms with E-state index >= 15 is 0 Å². The monoisotopic (exact) mass is 375 g/mol. The first-order valence-electron chi connectivity index (χ1n) is 7.92. The van der Waals surface area contributed by atoms with Crippen LogP contribution in [-0.2, 0) is 4.79 Å². The van der Waals surface area contributed by atoms with Gasteiger partial charge in [-0.1, -0.05) is 41.9 Å². The predicted octanol–water partition coefficient (Wildman–Crippen LogP) is 4.00. The molecule has 1 amide bonds. The van der Waals surface area contributed by atoms with Crippen LogP contribution in [0.15, 0.2) is 53.4 Å². The molecule has 2 atom stereocenters. The molecule has 2 aromatic rings. The van der Waals surface area contributed by atoms with Gasteiger partial charge < -0.3 is 10.0 Å². The van der Waals surface area contributed by atoms with E-state index in [0.717, 1.165) is 10.5 Å². The van der Waals surface area contributed by atoms with Crippen molar-refractivity contribution in [2.45, 2.75) is 10.8 Å². The highest BCUT2D eigenvalue weighted by Crippen LogP contribution is 2.34. The van der Waals surface area contributed by atoms with E-state index in [0.29, 0.717) is 17.1 Å². The molecule has 0 unspecified atom stereocenters. The molecule has 0 aromatic heterocycles. The van der Waals surface area contributed by atoms with E-state index in [1.807, 2.05) is 42.7 Å². The number of hydrogen-bond donors (Lipinski definition) is 1. The topological polar surface area (TPSA) is 57.6 Å². The summed E-state index contributed by atoms with van der Waals surface area (Å²) in [5.41, 5.74) is 1.36. The molecule has 0 radical (unpaired) electrons. The Kier molecular flexibility index (Phi) is 5.35. The summed E-state index contributed by atoms with van der Waals surface area (Å²) in [5.74, 6) is -1.93. The number of carbonyl (C=O) groups is 2. The molecule has 6 heteroatoms. The molecule has 1 fully saturated rings. The Hall–Kier alpha value is -1.98. The summed E-state index contributed by atoms with van der Waals surface area (Å²) in [4.78, 5) is 27.2. The first-order chi connectivity index (χ1) is 12.0. The molecule has 1 aliphatic heterocycles. The molecular weight excluding hydrogens is 358 g/mol. The minimum atomic E-state index is -0.881. The highest BCUT2D eigenvalue weighted by Gasteiger charge is 2.40. The molecular formula is C19H18ClNO3S. The summed E-state index contributed by atoms with van der Waals surface area (Å²) in [5, 5.41) is 9.97. The van der Waals surface area contributed by atoms with E-state index in [1.165, 1.54) is 11.8 Å². The highest BCUT2D eigenvalue weighted by atomic mass is 35.5. The second kappa shape index (κ2) is 7.50. The first kappa shape index (κ1) is 17.8. The normalized spacial score (nSPS) is 19.8. The van der Waals surface area contributed by atoms with Crippen LogP contribution in [0.1, 0.15) is 21.8 Å². The zero-order valence-electron chi connectivity index (χ0n) is 13.7. The number of likely N-dealkylation sites (tertiary alicyclic amines) is 1. The second-order valence-corrected chi connectivity index (χ2v) is 7.30. The van der Waals surface area contributed by atoms with Gasteiger partial charge in [0.1, 0.15) is 0 Å². The molecule has 1 N–H and O–H groups in total. The minimum absolute atomic E-state index is 0.188. The summed E-state index contributed by atoms with van der Waals surface area (Å²) in [7, 11) is 0. The van der Waals surface area contributed by atoms with Gasteiger partial charge in [0.2, 0.25) is 0 Å². The van der Waals surface area contributed by atoms with Crippen molar-refractivity contribution in [3.63, 3.8) is 0 Å². The van der Waals surface area contributed by atoms with E-state index in [2.05, 4.69) is 0 Å². The van der Waals surface area contributed by atoms with Crippen LogP contribution >= 0.6 is 23.4 Å². The van der Waals surface area contributed by atoms with Gasteiger partial charge in [0.15, 0.2) is 0 Å². The Labute approximate surface area is 155 Å². The number of hydrogen-bond acceptors (Lipinski definition) is 3. The van der Waals surface area contributed by atoms with Crippen LogP contribution in [0.3, 0.4) is 0 Å². The van der Waals surface area contributed by atoms with Gasteiger partial charge in [0, 0.05) is 23.9 Å². The maximum absolute atomic E-state index is 12.9. The van der Waals surface area contributed by atoms with Gasteiger partial charge in [0.05, 0.1) is 16.5 Å². The molecule has 0 saturated carbocycles. The molecule has 2 aromatic carbocycles. The average molecular weight is 376 g/mol. The Morgan fingerprint density at radius 1 is 1.16 bits per heavy atom. The van der Waals surface area contributed by atoms with Crippen molar-refractivity contribution in [2.24, 2.45) is 5.92 Å². The number of carboxylic acids is 1. The summed E-state index contributed by atoms with van der Waals surface area (Å²) in [6.45, 7) is 0.563. The molecule has 3 rings (SSSR count). The van der Waals surface area contributed by atoms with Crippen LogP contribution in [0.4, 0.5) is 0 Å². The van der Waals surface area contributed by atoms with E-state index in [1.54, 1.807) is 17.0 Å². The molecule has 0 bridgehead atoms. The summed E-state index contributed by atoms with van der Waals surface area (Å²) in [6, 6.07) is 14.8. The van der Waals surface area contributed by atoms with Crippen LogP contribution in [0.5, 0.6) is 0 Å². The van der Waals surface area contributed by atoms with E-state index in [-0.39, 0.29) is 18.4 Å². The molecule has 25 heavy (non-hydrogen) atoms. The first-order valence-corrected chi connectivity index (χ1v) is 9.52. The number of amides is 1. The lowest BCUT2D eigenvalue weighted by Gasteiger charge is -2.18. The van der Waals surface area contributed by atoms with Crippen LogP contribution in [-0.4, -0.2) is 41.2 Å². The summed E-state index contributed by atoms with van der Waals surface area (Å²) in [6.07, 6.45) is 1.93. The molecule has 1 heterocycles. The van der Waals surface area contributed by atoms with Crippen LogP contribution in [0.25, 0.3) is 0 Å².